The normalized spacial score (nSPS) is 19.0. The number of hydrogen-bond acceptors (Lipinski definition) is 4. The maximum Gasteiger partial charge on any atom is 0.343 e. The molecular weight excluding hydrogens is 352 g/mol. The Morgan fingerprint density at radius 1 is 1.14 bits per heavy atom. The lowest BCUT2D eigenvalue weighted by Gasteiger charge is -2.34. The molecule has 3 rings (SSSR count). The van der Waals surface area contributed by atoms with Crippen LogP contribution in [0.25, 0.3) is 11.6 Å². The Morgan fingerprint density at radius 2 is 1.71 bits per heavy atom. The van der Waals surface area contributed by atoms with E-state index in [1.807, 2.05) is 46.8 Å². The minimum absolute atomic E-state index is 0.346. The van der Waals surface area contributed by atoms with Gasteiger partial charge in [0.25, 0.3) is 0 Å². The van der Waals surface area contributed by atoms with E-state index in [1.165, 1.54) is 0 Å². The van der Waals surface area contributed by atoms with E-state index in [0.29, 0.717) is 24.2 Å². The van der Waals surface area contributed by atoms with Crippen molar-refractivity contribution < 1.29 is 19.1 Å². The molecule has 1 spiro atoms. The molecule has 150 valence electrons. The zero-order valence-corrected chi connectivity index (χ0v) is 17.6. The second kappa shape index (κ2) is 7.23. The number of carbonyl (C=O) groups excluding carboxylic acids is 2. The van der Waals surface area contributed by atoms with Gasteiger partial charge < -0.3 is 9.47 Å². The molecule has 2 aliphatic rings. The van der Waals surface area contributed by atoms with Gasteiger partial charge >= 0.3 is 11.9 Å². The highest BCUT2D eigenvalue weighted by molar-refractivity contribution is 6.21. The summed E-state index contributed by atoms with van der Waals surface area (Å²) >= 11 is 0. The van der Waals surface area contributed by atoms with Gasteiger partial charge in [0.15, 0.2) is 11.4 Å². The first kappa shape index (κ1) is 20.4. The summed E-state index contributed by atoms with van der Waals surface area (Å²) in [5.74, 6) is -0.327. The second-order valence-electron chi connectivity index (χ2n) is 9.02. The fourth-order valence-corrected chi connectivity index (χ4v) is 4.16. The highest BCUT2D eigenvalue weighted by Crippen LogP contribution is 2.48. The molecule has 0 amide bonds. The summed E-state index contributed by atoms with van der Waals surface area (Å²) in [5, 5.41) is 0. The number of benzene rings is 1. The van der Waals surface area contributed by atoms with Crippen molar-refractivity contribution in [3.8, 4) is 0 Å². The van der Waals surface area contributed by atoms with Crippen molar-refractivity contribution in [2.75, 3.05) is 0 Å². The first-order chi connectivity index (χ1) is 13.1. The van der Waals surface area contributed by atoms with Crippen LogP contribution in [0.15, 0.2) is 24.5 Å². The highest BCUT2D eigenvalue weighted by Gasteiger charge is 2.52. The number of ether oxygens (including phenoxy) is 2. The van der Waals surface area contributed by atoms with E-state index in [4.69, 9.17) is 9.47 Å². The summed E-state index contributed by atoms with van der Waals surface area (Å²) in [6.45, 7) is 13.2. The van der Waals surface area contributed by atoms with Gasteiger partial charge in [0.05, 0.1) is 5.41 Å². The summed E-state index contributed by atoms with van der Waals surface area (Å²) in [6.07, 6.45) is 6.17. The third-order valence-corrected chi connectivity index (χ3v) is 5.64. The molecule has 0 bridgehead atoms. The zero-order chi connectivity index (χ0) is 20.7. The van der Waals surface area contributed by atoms with Crippen molar-refractivity contribution in [2.45, 2.75) is 72.3 Å². The van der Waals surface area contributed by atoms with E-state index in [1.54, 1.807) is 6.08 Å². The van der Waals surface area contributed by atoms with Crippen molar-refractivity contribution >= 4 is 23.6 Å². The molecule has 1 aliphatic heterocycles. The van der Waals surface area contributed by atoms with Gasteiger partial charge in [0.1, 0.15) is 5.57 Å². The summed E-state index contributed by atoms with van der Waals surface area (Å²) in [5.41, 5.74) is 2.60. The molecule has 0 saturated heterocycles. The van der Waals surface area contributed by atoms with Crippen LogP contribution in [-0.2, 0) is 19.1 Å². The molecule has 0 atom stereocenters. The van der Waals surface area contributed by atoms with Gasteiger partial charge in [-0.2, -0.15) is 0 Å². The molecule has 0 aromatic heterocycles. The topological polar surface area (TPSA) is 52.6 Å². The monoisotopic (exact) mass is 382 g/mol. The molecule has 0 unspecified atom stereocenters. The fourth-order valence-electron chi connectivity index (χ4n) is 4.16. The van der Waals surface area contributed by atoms with Crippen molar-refractivity contribution in [3.63, 3.8) is 0 Å². The van der Waals surface area contributed by atoms with Crippen molar-refractivity contribution in [1.29, 1.82) is 0 Å². The molecule has 1 fully saturated rings. The standard InChI is InChI=1S/C24H30O4/c1-7-17-13-15(2)18(16(3)14-17)19-20(27-22(26)23(4,5)6)24(28-21(19)25)11-9-8-10-12-24/h7,13-14H,1,8-12H2,2-6H3. The lowest BCUT2D eigenvalue weighted by Crippen LogP contribution is -2.37. The molecule has 1 aromatic rings. The van der Waals surface area contributed by atoms with Crippen LogP contribution in [0, 0.1) is 19.3 Å². The Labute approximate surface area is 167 Å². The number of hydrogen-bond donors (Lipinski definition) is 0. The molecule has 4 nitrogen and oxygen atoms in total. The molecule has 0 N–H and O–H groups in total. The van der Waals surface area contributed by atoms with Crippen molar-refractivity contribution in [3.05, 3.63) is 46.7 Å². The van der Waals surface area contributed by atoms with Crippen molar-refractivity contribution in [1.82, 2.24) is 0 Å². The Hall–Kier alpha value is -2.36. The maximum absolute atomic E-state index is 13.1. The van der Waals surface area contributed by atoms with Crippen molar-refractivity contribution in [2.24, 2.45) is 5.41 Å². The van der Waals surface area contributed by atoms with E-state index in [2.05, 4.69) is 6.58 Å². The summed E-state index contributed by atoms with van der Waals surface area (Å²) in [7, 11) is 0. The average molecular weight is 383 g/mol. The Balaban J connectivity index is 2.21. The highest BCUT2D eigenvalue weighted by atomic mass is 16.6. The van der Waals surface area contributed by atoms with Crippen LogP contribution in [0.1, 0.15) is 75.1 Å². The third-order valence-electron chi connectivity index (χ3n) is 5.64. The number of esters is 2. The summed E-state index contributed by atoms with van der Waals surface area (Å²) < 4.78 is 11.9. The molecule has 28 heavy (non-hydrogen) atoms. The van der Waals surface area contributed by atoms with Crippen LogP contribution in [0.2, 0.25) is 0 Å². The van der Waals surface area contributed by atoms with Crippen LogP contribution in [0.3, 0.4) is 0 Å². The number of rotatable bonds is 3. The largest absolute Gasteiger partial charge is 0.447 e. The van der Waals surface area contributed by atoms with Crippen LogP contribution in [0.4, 0.5) is 0 Å². The third kappa shape index (κ3) is 3.52. The Morgan fingerprint density at radius 3 is 2.21 bits per heavy atom. The SMILES string of the molecule is C=Cc1cc(C)c(C2=C(OC(=O)C(C)(C)C)C3(CCCCC3)OC2=O)c(C)c1. The van der Waals surface area contributed by atoms with Crippen LogP contribution in [0.5, 0.6) is 0 Å². The van der Waals surface area contributed by atoms with E-state index in [-0.39, 0.29) is 5.97 Å². The van der Waals surface area contributed by atoms with Gasteiger partial charge in [-0.3, -0.25) is 4.79 Å². The zero-order valence-electron chi connectivity index (χ0n) is 17.6. The first-order valence-electron chi connectivity index (χ1n) is 10.0. The van der Waals surface area contributed by atoms with Gasteiger partial charge in [-0.1, -0.05) is 31.2 Å². The lowest BCUT2D eigenvalue weighted by atomic mass is 9.81. The Bertz CT molecular complexity index is 838. The van der Waals surface area contributed by atoms with E-state index >= 15 is 0 Å². The molecule has 0 radical (unpaired) electrons. The number of carbonyl (C=O) groups is 2. The van der Waals surface area contributed by atoms with Crippen LogP contribution >= 0.6 is 0 Å². The molecule has 1 saturated carbocycles. The molecule has 1 heterocycles. The van der Waals surface area contributed by atoms with Gasteiger partial charge in [-0.25, -0.2) is 4.79 Å². The minimum Gasteiger partial charge on any atom is -0.447 e. The van der Waals surface area contributed by atoms with E-state index < -0.39 is 17.0 Å². The molecular formula is C24H30O4. The van der Waals surface area contributed by atoms with Crippen LogP contribution in [-0.4, -0.2) is 17.5 Å². The van der Waals surface area contributed by atoms with E-state index in [0.717, 1.165) is 41.5 Å². The Kier molecular flexibility index (Phi) is 5.26. The smallest absolute Gasteiger partial charge is 0.343 e. The summed E-state index contributed by atoms with van der Waals surface area (Å²) in [4.78, 5) is 25.8. The second-order valence-corrected chi connectivity index (χ2v) is 9.02. The average Bonchev–Trinajstić information content (AvgIpc) is 2.85. The number of aryl methyl sites for hydroxylation is 2. The molecule has 1 aliphatic carbocycles. The molecule has 1 aromatic carbocycles. The van der Waals surface area contributed by atoms with Gasteiger partial charge in [0, 0.05) is 0 Å². The predicted octanol–water partition coefficient (Wildman–Crippen LogP) is 5.51. The van der Waals surface area contributed by atoms with Gasteiger partial charge in [-0.15, -0.1) is 0 Å². The predicted molar refractivity (Wildman–Crippen MR) is 110 cm³/mol. The van der Waals surface area contributed by atoms with Gasteiger partial charge in [-0.05, 0) is 82.6 Å². The van der Waals surface area contributed by atoms with Crippen LogP contribution < -0.4 is 0 Å². The lowest BCUT2D eigenvalue weighted by molar-refractivity contribution is -0.159. The maximum atomic E-state index is 13.1. The van der Waals surface area contributed by atoms with E-state index in [9.17, 15) is 9.59 Å². The quantitative estimate of drug-likeness (QED) is 0.647. The minimum atomic E-state index is -0.818. The molecule has 4 heteroatoms. The summed E-state index contributed by atoms with van der Waals surface area (Å²) in [6, 6.07) is 3.98. The fraction of sp³-hybridized carbons (Fsp3) is 0.500. The first-order valence-corrected chi connectivity index (χ1v) is 10.0. The van der Waals surface area contributed by atoms with Gasteiger partial charge in [0.2, 0.25) is 0 Å².